The molecule has 5 heteroatoms. The maximum atomic E-state index is 12.3. The third-order valence-electron chi connectivity index (χ3n) is 8.05. The second kappa shape index (κ2) is 31.8. The topological polar surface area (TPSA) is 89.8 Å². The van der Waals surface area contributed by atoms with Gasteiger partial charge < -0.3 is 20.6 Å². The molecule has 1 amide bonds. The molecular formula is C36H69NO4. The van der Waals surface area contributed by atoms with Crippen molar-refractivity contribution in [3.8, 4) is 0 Å². The number of allylic oxidation sites excluding steroid dienone is 4. The van der Waals surface area contributed by atoms with Gasteiger partial charge in [-0.25, -0.2) is 0 Å². The number of carbonyl (C=O) groups is 1. The van der Waals surface area contributed by atoms with Crippen LogP contribution in [0.4, 0.5) is 0 Å². The molecule has 0 aliphatic rings. The van der Waals surface area contributed by atoms with E-state index in [2.05, 4.69) is 43.5 Å². The summed E-state index contributed by atoms with van der Waals surface area (Å²) < 4.78 is 0. The van der Waals surface area contributed by atoms with E-state index in [1.54, 1.807) is 0 Å². The van der Waals surface area contributed by atoms with E-state index in [0.29, 0.717) is 12.8 Å². The number of aliphatic hydroxyl groups is 3. The molecule has 0 aliphatic carbocycles. The third-order valence-corrected chi connectivity index (χ3v) is 8.05. The first kappa shape index (κ1) is 39.8. The number of carbonyl (C=O) groups excluding carboxylic acids is 1. The molecule has 4 N–H and O–H groups in total. The van der Waals surface area contributed by atoms with Crippen molar-refractivity contribution in [1.29, 1.82) is 0 Å². The van der Waals surface area contributed by atoms with E-state index >= 15 is 0 Å². The molecule has 0 fully saturated rings. The number of aliphatic hydroxyl groups excluding tert-OH is 3. The van der Waals surface area contributed by atoms with Gasteiger partial charge >= 0.3 is 0 Å². The van der Waals surface area contributed by atoms with Crippen molar-refractivity contribution in [2.45, 2.75) is 193 Å². The lowest BCUT2D eigenvalue weighted by Gasteiger charge is -2.23. The Balaban J connectivity index is 3.74. The molecule has 3 atom stereocenters. The van der Waals surface area contributed by atoms with Gasteiger partial charge in [0, 0.05) is 0 Å². The fraction of sp³-hybridized carbons (Fsp3) is 0.861. The molecular weight excluding hydrogens is 510 g/mol. The van der Waals surface area contributed by atoms with Gasteiger partial charge in [0.15, 0.2) is 0 Å². The molecule has 0 saturated heterocycles. The molecule has 3 unspecified atom stereocenters. The summed E-state index contributed by atoms with van der Waals surface area (Å²) in [6.45, 7) is 4.20. The van der Waals surface area contributed by atoms with Crippen LogP contribution in [0, 0.1) is 0 Å². The predicted molar refractivity (Wildman–Crippen MR) is 176 cm³/mol. The SMILES string of the molecule is CCCCC/C=C\C=C/CCCCCCC(O)CC(=O)NC(CO)C(O)CCCCCCCCCCCCCCC. The Hall–Kier alpha value is -1.17. The van der Waals surface area contributed by atoms with Crippen LogP contribution in [0.2, 0.25) is 0 Å². The Morgan fingerprint density at radius 2 is 1.02 bits per heavy atom. The number of rotatable bonds is 31. The summed E-state index contributed by atoms with van der Waals surface area (Å²) in [5.41, 5.74) is 0. The smallest absolute Gasteiger partial charge is 0.222 e. The van der Waals surface area contributed by atoms with E-state index in [0.717, 1.165) is 44.9 Å². The summed E-state index contributed by atoms with van der Waals surface area (Å²) in [5, 5.41) is 33.1. The van der Waals surface area contributed by atoms with E-state index in [-0.39, 0.29) is 18.9 Å². The highest BCUT2D eigenvalue weighted by Gasteiger charge is 2.21. The van der Waals surface area contributed by atoms with E-state index in [1.807, 2.05) is 0 Å². The molecule has 242 valence electrons. The van der Waals surface area contributed by atoms with Crippen molar-refractivity contribution in [1.82, 2.24) is 5.32 Å². The van der Waals surface area contributed by atoms with Crippen LogP contribution < -0.4 is 5.32 Å². The van der Waals surface area contributed by atoms with Crippen molar-refractivity contribution in [3.63, 3.8) is 0 Å². The van der Waals surface area contributed by atoms with Crippen molar-refractivity contribution in [2.75, 3.05) is 6.61 Å². The Kier molecular flexibility index (Phi) is 30.9. The van der Waals surface area contributed by atoms with Gasteiger partial charge in [-0.15, -0.1) is 0 Å². The number of amides is 1. The van der Waals surface area contributed by atoms with Gasteiger partial charge in [-0.3, -0.25) is 4.79 Å². The molecule has 0 saturated carbocycles. The molecule has 0 aromatic carbocycles. The van der Waals surface area contributed by atoms with Gasteiger partial charge in [0.05, 0.1) is 31.3 Å². The average Bonchev–Trinajstić information content (AvgIpc) is 2.96. The Labute approximate surface area is 254 Å². The van der Waals surface area contributed by atoms with Crippen LogP contribution in [0.15, 0.2) is 24.3 Å². The van der Waals surface area contributed by atoms with Crippen molar-refractivity contribution >= 4 is 5.91 Å². The number of hydrogen-bond acceptors (Lipinski definition) is 4. The molecule has 5 nitrogen and oxygen atoms in total. The predicted octanol–water partition coefficient (Wildman–Crippen LogP) is 9.09. The highest BCUT2D eigenvalue weighted by molar-refractivity contribution is 5.76. The molecule has 0 bridgehead atoms. The normalized spacial score (nSPS) is 14.2. The fourth-order valence-electron chi connectivity index (χ4n) is 5.28. The quantitative estimate of drug-likeness (QED) is 0.0487. The van der Waals surface area contributed by atoms with Gasteiger partial charge in [0.1, 0.15) is 0 Å². The number of nitrogens with one attached hydrogen (secondary N) is 1. The summed E-state index contributed by atoms with van der Waals surface area (Å²) in [4.78, 5) is 12.3. The van der Waals surface area contributed by atoms with Crippen LogP contribution in [-0.4, -0.2) is 46.1 Å². The van der Waals surface area contributed by atoms with Gasteiger partial charge in [0.2, 0.25) is 5.91 Å². The van der Waals surface area contributed by atoms with Crippen LogP contribution in [0.25, 0.3) is 0 Å². The van der Waals surface area contributed by atoms with Gasteiger partial charge in [-0.1, -0.05) is 154 Å². The van der Waals surface area contributed by atoms with E-state index in [4.69, 9.17) is 0 Å². The van der Waals surface area contributed by atoms with E-state index in [9.17, 15) is 20.1 Å². The first-order chi connectivity index (χ1) is 20.0. The zero-order chi connectivity index (χ0) is 30.2. The second-order valence-corrected chi connectivity index (χ2v) is 12.2. The summed E-state index contributed by atoms with van der Waals surface area (Å²) in [6.07, 6.45) is 35.5. The minimum atomic E-state index is -0.751. The lowest BCUT2D eigenvalue weighted by Crippen LogP contribution is -2.46. The maximum Gasteiger partial charge on any atom is 0.222 e. The molecule has 0 radical (unpaired) electrons. The minimum absolute atomic E-state index is 0.0231. The fourth-order valence-corrected chi connectivity index (χ4v) is 5.28. The lowest BCUT2D eigenvalue weighted by molar-refractivity contribution is -0.125. The highest BCUT2D eigenvalue weighted by atomic mass is 16.3. The van der Waals surface area contributed by atoms with Crippen molar-refractivity contribution in [3.05, 3.63) is 24.3 Å². The lowest BCUT2D eigenvalue weighted by atomic mass is 10.0. The van der Waals surface area contributed by atoms with E-state index < -0.39 is 18.2 Å². The van der Waals surface area contributed by atoms with Crippen LogP contribution in [-0.2, 0) is 4.79 Å². The monoisotopic (exact) mass is 580 g/mol. The molecule has 0 spiro atoms. The summed E-state index contributed by atoms with van der Waals surface area (Å²) >= 11 is 0. The maximum absolute atomic E-state index is 12.3. The third kappa shape index (κ3) is 28.7. The van der Waals surface area contributed by atoms with Crippen molar-refractivity contribution < 1.29 is 20.1 Å². The van der Waals surface area contributed by atoms with Crippen LogP contribution >= 0.6 is 0 Å². The molecule has 0 aliphatic heterocycles. The molecule has 0 aromatic rings. The van der Waals surface area contributed by atoms with E-state index in [1.165, 1.54) is 96.3 Å². The summed E-state index contributed by atoms with van der Waals surface area (Å²) in [5.74, 6) is -0.297. The zero-order valence-corrected chi connectivity index (χ0v) is 27.2. The Morgan fingerprint density at radius 3 is 1.54 bits per heavy atom. The molecule has 41 heavy (non-hydrogen) atoms. The zero-order valence-electron chi connectivity index (χ0n) is 27.2. The van der Waals surface area contributed by atoms with Crippen molar-refractivity contribution in [2.24, 2.45) is 0 Å². The first-order valence-corrected chi connectivity index (χ1v) is 17.6. The molecule has 0 heterocycles. The van der Waals surface area contributed by atoms with Gasteiger partial charge in [-0.05, 0) is 38.5 Å². The largest absolute Gasteiger partial charge is 0.394 e. The average molecular weight is 580 g/mol. The van der Waals surface area contributed by atoms with Crippen LogP contribution in [0.3, 0.4) is 0 Å². The highest BCUT2D eigenvalue weighted by Crippen LogP contribution is 2.15. The number of hydrogen-bond donors (Lipinski definition) is 4. The minimum Gasteiger partial charge on any atom is -0.394 e. The molecule has 0 aromatic heterocycles. The van der Waals surface area contributed by atoms with Crippen LogP contribution in [0.1, 0.15) is 174 Å². The Morgan fingerprint density at radius 1 is 0.610 bits per heavy atom. The second-order valence-electron chi connectivity index (χ2n) is 12.2. The van der Waals surface area contributed by atoms with Crippen LogP contribution in [0.5, 0.6) is 0 Å². The molecule has 0 rings (SSSR count). The number of unbranched alkanes of at least 4 members (excludes halogenated alkanes) is 19. The summed E-state index contributed by atoms with van der Waals surface area (Å²) in [7, 11) is 0. The summed E-state index contributed by atoms with van der Waals surface area (Å²) in [6, 6.07) is -0.661. The van der Waals surface area contributed by atoms with Gasteiger partial charge in [0.25, 0.3) is 0 Å². The Bertz CT molecular complexity index is 606. The van der Waals surface area contributed by atoms with Gasteiger partial charge in [-0.2, -0.15) is 0 Å². The standard InChI is InChI=1S/C36H69NO4/c1-3-5-7-9-11-13-15-17-19-21-23-25-27-29-33(39)31-36(41)37-34(32-38)35(40)30-28-26-24-22-20-18-16-14-12-10-8-6-4-2/h11,13,15,17,33-35,38-40H,3-10,12,14,16,18-32H2,1-2H3,(H,37,41)/b13-11-,17-15-. The first-order valence-electron chi connectivity index (χ1n) is 17.6.